The highest BCUT2D eigenvalue weighted by Gasteiger charge is 2.48. The molecule has 1 saturated heterocycles. The second kappa shape index (κ2) is 15.0. The summed E-state index contributed by atoms with van der Waals surface area (Å²) in [5, 5.41) is 21.3. The van der Waals surface area contributed by atoms with Crippen molar-refractivity contribution in [1.82, 2.24) is 10.2 Å². The van der Waals surface area contributed by atoms with Crippen LogP contribution in [0.2, 0.25) is 5.02 Å². The fraction of sp³-hybridized carbons (Fsp3) is 0.333. The molecule has 4 aromatic rings. The highest BCUT2D eigenvalue weighted by Crippen LogP contribution is 2.46. The smallest absolute Gasteiger partial charge is 0.301 e. The lowest BCUT2D eigenvalue weighted by Gasteiger charge is -2.23. The number of nitrogens with zero attached hydrogens (tertiary/aromatic N) is 3. The molecule has 1 amide bonds. The Bertz CT molecular complexity index is 1860. The third-order valence-electron chi connectivity index (χ3n) is 8.11. The Hall–Kier alpha value is -4.06. The van der Waals surface area contributed by atoms with Gasteiger partial charge in [0, 0.05) is 22.8 Å². The molecule has 0 aliphatic carbocycles. The van der Waals surface area contributed by atoms with E-state index >= 15 is 0 Å². The Morgan fingerprint density at radius 2 is 1.90 bits per heavy atom. The maximum absolute atomic E-state index is 13.9. The molecule has 12 heteroatoms. The van der Waals surface area contributed by atoms with Crippen LogP contribution < -0.4 is 19.1 Å². The van der Waals surface area contributed by atoms with Crippen LogP contribution in [0.15, 0.2) is 70.6 Å². The first kappa shape index (κ1) is 33.8. The zero-order chi connectivity index (χ0) is 33.8. The summed E-state index contributed by atoms with van der Waals surface area (Å²) < 4.78 is 18.5. The van der Waals surface area contributed by atoms with Crippen molar-refractivity contribution in [2.75, 3.05) is 18.1 Å². The summed E-state index contributed by atoms with van der Waals surface area (Å²) in [6.45, 7) is 6.90. The fourth-order valence-corrected chi connectivity index (χ4v) is 7.95. The number of hydrogen-bond donors (Lipinski definition) is 1. The number of aliphatic hydroxyl groups is 1. The van der Waals surface area contributed by atoms with E-state index in [-0.39, 0.29) is 22.6 Å². The minimum atomic E-state index is -1.00. The van der Waals surface area contributed by atoms with E-state index in [1.165, 1.54) is 28.0 Å². The molecule has 2 aliphatic rings. The standard InChI is InChI=1S/C36H36ClN3O6S2/c1-4-6-9-16-45-28-15-12-22(19-29(28)44-5-2)31-30(32(41)23-13-14-27-25(18-23)17-21(3)46-27)33(42)34(43)40(31)35-38-39-36(48-35)47-20-24-10-7-8-11-26(24)37/h7-8,10-15,18-19,21,31,41H,4-6,9,16-17,20H2,1-3H3/t21-,31+/m1/s1. The number of aliphatic hydroxyl groups excluding tert-OH is 1. The van der Waals surface area contributed by atoms with E-state index in [9.17, 15) is 14.7 Å². The average molecular weight is 706 g/mol. The maximum Gasteiger partial charge on any atom is 0.301 e. The van der Waals surface area contributed by atoms with E-state index < -0.39 is 17.7 Å². The van der Waals surface area contributed by atoms with Gasteiger partial charge < -0.3 is 19.3 Å². The van der Waals surface area contributed by atoms with Crippen LogP contribution in [0.1, 0.15) is 68.3 Å². The normalized spacial score (nSPS) is 18.2. The Morgan fingerprint density at radius 3 is 2.69 bits per heavy atom. The molecule has 3 heterocycles. The monoisotopic (exact) mass is 705 g/mol. The topological polar surface area (TPSA) is 111 Å². The van der Waals surface area contributed by atoms with Gasteiger partial charge in [-0.15, -0.1) is 10.2 Å². The number of unbranched alkanes of at least 4 members (excludes halogenated alkanes) is 2. The number of hydrogen-bond acceptors (Lipinski definition) is 10. The SMILES string of the molecule is CCCCCOc1ccc([C@H]2C(=C(O)c3ccc4c(c3)C[C@@H](C)O4)C(=O)C(=O)N2c2nnc(SCc3ccccc3Cl)s2)cc1OCC. The minimum Gasteiger partial charge on any atom is -0.507 e. The number of anilines is 1. The lowest BCUT2D eigenvalue weighted by Crippen LogP contribution is -2.29. The summed E-state index contributed by atoms with van der Waals surface area (Å²) in [4.78, 5) is 29.0. The lowest BCUT2D eigenvalue weighted by atomic mass is 9.94. The highest BCUT2D eigenvalue weighted by atomic mass is 35.5. The van der Waals surface area contributed by atoms with Crippen LogP contribution in [0.4, 0.5) is 5.13 Å². The zero-order valence-electron chi connectivity index (χ0n) is 26.9. The molecule has 0 unspecified atom stereocenters. The van der Waals surface area contributed by atoms with Crippen LogP contribution >= 0.6 is 34.7 Å². The van der Waals surface area contributed by atoms with Gasteiger partial charge in [0.2, 0.25) is 5.13 Å². The molecule has 1 N–H and O–H groups in total. The highest BCUT2D eigenvalue weighted by molar-refractivity contribution is 8.00. The molecule has 1 aromatic heterocycles. The van der Waals surface area contributed by atoms with E-state index in [0.717, 1.165) is 36.1 Å². The second-order valence-corrected chi connectivity index (χ2v) is 14.1. The Balaban J connectivity index is 1.40. The summed E-state index contributed by atoms with van der Waals surface area (Å²) in [5.41, 5.74) is 2.79. The van der Waals surface area contributed by atoms with Crippen molar-refractivity contribution in [3.8, 4) is 17.2 Å². The number of Topliss-reactive ketones (excluding diaryl/α,β-unsaturated/α-hetero) is 1. The number of amides is 1. The van der Waals surface area contributed by atoms with Crippen LogP contribution in [0.25, 0.3) is 5.76 Å². The molecule has 0 bridgehead atoms. The number of aromatic nitrogens is 2. The minimum absolute atomic E-state index is 0.00468. The quantitative estimate of drug-likeness (QED) is 0.0366. The van der Waals surface area contributed by atoms with Crippen LogP contribution in [0.5, 0.6) is 17.2 Å². The number of rotatable bonds is 13. The maximum atomic E-state index is 13.9. The molecular formula is C36H36ClN3O6S2. The Morgan fingerprint density at radius 1 is 1.06 bits per heavy atom. The molecule has 3 aromatic carbocycles. The van der Waals surface area contributed by atoms with Crippen molar-refractivity contribution in [3.05, 3.63) is 93.5 Å². The number of carbonyl (C=O) groups excluding carboxylic acids is 2. The van der Waals surface area contributed by atoms with E-state index in [1.807, 2.05) is 44.2 Å². The predicted molar refractivity (Wildman–Crippen MR) is 189 cm³/mol. The Kier molecular flexibility index (Phi) is 10.6. The third kappa shape index (κ3) is 7.04. The van der Waals surface area contributed by atoms with Crippen molar-refractivity contribution < 1.29 is 28.9 Å². The summed E-state index contributed by atoms with van der Waals surface area (Å²) in [6.07, 6.45) is 3.70. The van der Waals surface area contributed by atoms with Crippen LogP contribution in [0.3, 0.4) is 0 Å². The summed E-state index contributed by atoms with van der Waals surface area (Å²) in [6, 6.07) is 17.2. The van der Waals surface area contributed by atoms with E-state index in [2.05, 4.69) is 17.1 Å². The predicted octanol–water partition coefficient (Wildman–Crippen LogP) is 8.40. The van der Waals surface area contributed by atoms with Crippen molar-refractivity contribution in [1.29, 1.82) is 0 Å². The Labute approximate surface area is 292 Å². The van der Waals surface area contributed by atoms with E-state index in [0.29, 0.717) is 57.4 Å². The first-order chi connectivity index (χ1) is 23.3. The van der Waals surface area contributed by atoms with Crippen molar-refractivity contribution in [2.45, 2.75) is 68.7 Å². The molecule has 0 saturated carbocycles. The molecule has 2 aliphatic heterocycles. The first-order valence-corrected chi connectivity index (χ1v) is 18.2. The number of fused-ring (bicyclic) bond motifs is 1. The van der Waals surface area contributed by atoms with Gasteiger partial charge >= 0.3 is 5.91 Å². The van der Waals surface area contributed by atoms with Gasteiger partial charge in [0.25, 0.3) is 5.78 Å². The summed E-state index contributed by atoms with van der Waals surface area (Å²) >= 11 is 8.98. The van der Waals surface area contributed by atoms with E-state index in [1.54, 1.807) is 30.3 Å². The molecule has 250 valence electrons. The summed E-state index contributed by atoms with van der Waals surface area (Å²) in [5.74, 6) is 0.428. The number of halogens is 1. The number of ether oxygens (including phenoxy) is 3. The van der Waals surface area contributed by atoms with Gasteiger partial charge in [0.1, 0.15) is 17.6 Å². The average Bonchev–Trinajstić information content (AvgIpc) is 3.77. The number of thioether (sulfide) groups is 1. The van der Waals surface area contributed by atoms with Gasteiger partial charge in [-0.25, -0.2) is 0 Å². The first-order valence-electron chi connectivity index (χ1n) is 16.0. The van der Waals surface area contributed by atoms with E-state index in [4.69, 9.17) is 25.8 Å². The van der Waals surface area contributed by atoms with Gasteiger partial charge in [-0.2, -0.15) is 0 Å². The largest absolute Gasteiger partial charge is 0.507 e. The molecular weight excluding hydrogens is 670 g/mol. The number of carbonyl (C=O) groups is 2. The van der Waals surface area contributed by atoms with Crippen molar-refractivity contribution >= 4 is 57.3 Å². The van der Waals surface area contributed by atoms with Crippen LogP contribution in [-0.2, 0) is 21.8 Å². The van der Waals surface area contributed by atoms with Gasteiger partial charge in [-0.1, -0.05) is 78.7 Å². The van der Waals surface area contributed by atoms with Gasteiger partial charge in [0.15, 0.2) is 15.8 Å². The molecule has 9 nitrogen and oxygen atoms in total. The molecule has 0 radical (unpaired) electrons. The molecule has 48 heavy (non-hydrogen) atoms. The molecule has 0 spiro atoms. The van der Waals surface area contributed by atoms with Gasteiger partial charge in [-0.05, 0) is 73.4 Å². The van der Waals surface area contributed by atoms with Gasteiger partial charge in [-0.3, -0.25) is 14.5 Å². The second-order valence-electron chi connectivity index (χ2n) is 11.5. The lowest BCUT2D eigenvalue weighted by molar-refractivity contribution is -0.132. The zero-order valence-corrected chi connectivity index (χ0v) is 29.3. The van der Waals surface area contributed by atoms with Crippen molar-refractivity contribution in [2.24, 2.45) is 0 Å². The molecule has 6 rings (SSSR count). The van der Waals surface area contributed by atoms with Gasteiger partial charge in [0.05, 0.1) is 24.8 Å². The van der Waals surface area contributed by atoms with Crippen LogP contribution in [0, 0.1) is 0 Å². The fourth-order valence-electron chi connectivity index (χ4n) is 5.80. The van der Waals surface area contributed by atoms with Crippen LogP contribution in [-0.4, -0.2) is 46.3 Å². The number of ketones is 1. The molecule has 2 atom stereocenters. The summed E-state index contributed by atoms with van der Waals surface area (Å²) in [7, 11) is 0. The number of benzene rings is 3. The molecule has 1 fully saturated rings. The van der Waals surface area contributed by atoms with Crippen molar-refractivity contribution in [3.63, 3.8) is 0 Å². The third-order valence-corrected chi connectivity index (χ3v) is 10.6.